The first-order chi connectivity index (χ1) is 8.35. The van der Waals surface area contributed by atoms with Gasteiger partial charge < -0.3 is 4.74 Å². The minimum Gasteiger partial charge on any atom is -0.378 e. The molecule has 0 aliphatic heterocycles. The van der Waals surface area contributed by atoms with Gasteiger partial charge in [0.05, 0.1) is 24.7 Å². The van der Waals surface area contributed by atoms with Gasteiger partial charge >= 0.3 is 0 Å². The van der Waals surface area contributed by atoms with E-state index in [0.29, 0.717) is 19.0 Å². The highest BCUT2D eigenvalue weighted by Crippen LogP contribution is 2.11. The van der Waals surface area contributed by atoms with Gasteiger partial charge in [-0.15, -0.1) is 16.7 Å². The van der Waals surface area contributed by atoms with Crippen LogP contribution in [-0.2, 0) is 23.8 Å². The van der Waals surface area contributed by atoms with E-state index in [9.17, 15) is 0 Å². The molecule has 0 aliphatic rings. The van der Waals surface area contributed by atoms with Crippen LogP contribution in [0.5, 0.6) is 0 Å². The standard InChI is InChI=1S/C12H14ClN3O/c1-17-9-12-11(7-13)14-15-16(12)8-10-5-3-2-4-6-10/h2-6H,7-9H2,1H3. The van der Waals surface area contributed by atoms with Gasteiger partial charge in [0.25, 0.3) is 0 Å². The van der Waals surface area contributed by atoms with Gasteiger partial charge in [-0.2, -0.15) is 0 Å². The minimum absolute atomic E-state index is 0.355. The smallest absolute Gasteiger partial charge is 0.103 e. The Morgan fingerprint density at radius 3 is 2.71 bits per heavy atom. The molecule has 0 N–H and O–H groups in total. The maximum atomic E-state index is 5.81. The molecule has 4 nitrogen and oxygen atoms in total. The Kier molecular flexibility index (Phi) is 4.12. The Morgan fingerprint density at radius 2 is 2.06 bits per heavy atom. The van der Waals surface area contributed by atoms with E-state index in [1.54, 1.807) is 7.11 Å². The molecule has 0 atom stereocenters. The number of rotatable bonds is 5. The average Bonchev–Trinajstić information content (AvgIpc) is 2.74. The third kappa shape index (κ3) is 2.84. The van der Waals surface area contributed by atoms with Gasteiger partial charge in [-0.05, 0) is 5.56 Å². The Morgan fingerprint density at radius 1 is 1.29 bits per heavy atom. The van der Waals surface area contributed by atoms with Crippen molar-refractivity contribution < 1.29 is 4.74 Å². The SMILES string of the molecule is COCc1c(CCl)nnn1Cc1ccccc1. The molecule has 0 fully saturated rings. The molecule has 0 spiro atoms. The van der Waals surface area contributed by atoms with E-state index in [1.807, 2.05) is 22.9 Å². The van der Waals surface area contributed by atoms with Crippen LogP contribution in [0.2, 0.25) is 0 Å². The molecule has 1 heterocycles. The largest absolute Gasteiger partial charge is 0.378 e. The van der Waals surface area contributed by atoms with Crippen molar-refractivity contribution in [2.45, 2.75) is 19.0 Å². The van der Waals surface area contributed by atoms with Crippen LogP contribution in [0.15, 0.2) is 30.3 Å². The summed E-state index contributed by atoms with van der Waals surface area (Å²) < 4.78 is 6.98. The number of nitrogens with zero attached hydrogens (tertiary/aromatic N) is 3. The number of hydrogen-bond acceptors (Lipinski definition) is 3. The third-order valence-corrected chi connectivity index (χ3v) is 2.75. The van der Waals surface area contributed by atoms with Crippen LogP contribution in [0.25, 0.3) is 0 Å². The summed E-state index contributed by atoms with van der Waals surface area (Å²) in [6, 6.07) is 10.1. The van der Waals surface area contributed by atoms with Gasteiger partial charge in [0.2, 0.25) is 0 Å². The van der Waals surface area contributed by atoms with Crippen molar-refractivity contribution >= 4 is 11.6 Å². The van der Waals surface area contributed by atoms with E-state index in [4.69, 9.17) is 16.3 Å². The van der Waals surface area contributed by atoms with E-state index in [2.05, 4.69) is 22.4 Å². The van der Waals surface area contributed by atoms with Crippen molar-refractivity contribution in [2.75, 3.05) is 7.11 Å². The van der Waals surface area contributed by atoms with Gasteiger partial charge in [-0.3, -0.25) is 0 Å². The van der Waals surface area contributed by atoms with Crippen LogP contribution in [-0.4, -0.2) is 22.1 Å². The summed E-state index contributed by atoms with van der Waals surface area (Å²) in [5.41, 5.74) is 2.90. The second-order valence-electron chi connectivity index (χ2n) is 3.69. The lowest BCUT2D eigenvalue weighted by atomic mass is 10.2. The summed E-state index contributed by atoms with van der Waals surface area (Å²) in [5, 5.41) is 8.15. The van der Waals surface area contributed by atoms with Crippen LogP contribution in [0.3, 0.4) is 0 Å². The quantitative estimate of drug-likeness (QED) is 0.765. The fourth-order valence-electron chi connectivity index (χ4n) is 1.65. The number of benzene rings is 1. The molecule has 17 heavy (non-hydrogen) atoms. The molecule has 0 radical (unpaired) electrons. The molecule has 1 aromatic carbocycles. The molecule has 90 valence electrons. The van der Waals surface area contributed by atoms with E-state index < -0.39 is 0 Å². The molecule has 1 aromatic heterocycles. The van der Waals surface area contributed by atoms with E-state index >= 15 is 0 Å². The predicted molar refractivity (Wildman–Crippen MR) is 65.8 cm³/mol. The lowest BCUT2D eigenvalue weighted by Gasteiger charge is -2.06. The molecule has 0 unspecified atom stereocenters. The van der Waals surface area contributed by atoms with Crippen molar-refractivity contribution in [2.24, 2.45) is 0 Å². The summed E-state index contributed by atoms with van der Waals surface area (Å²) in [4.78, 5) is 0. The lowest BCUT2D eigenvalue weighted by molar-refractivity contribution is 0.176. The van der Waals surface area contributed by atoms with E-state index in [0.717, 1.165) is 11.4 Å². The van der Waals surface area contributed by atoms with Crippen molar-refractivity contribution in [1.82, 2.24) is 15.0 Å². The van der Waals surface area contributed by atoms with Gasteiger partial charge in [0, 0.05) is 7.11 Å². The highest BCUT2D eigenvalue weighted by Gasteiger charge is 2.11. The third-order valence-electron chi connectivity index (χ3n) is 2.50. The molecule has 2 aromatic rings. The first-order valence-corrected chi connectivity index (χ1v) is 5.88. The normalized spacial score (nSPS) is 10.7. The summed E-state index contributed by atoms with van der Waals surface area (Å²) >= 11 is 5.81. The van der Waals surface area contributed by atoms with Crippen LogP contribution in [0.4, 0.5) is 0 Å². The Hall–Kier alpha value is -1.39. The van der Waals surface area contributed by atoms with Crippen LogP contribution in [0.1, 0.15) is 17.0 Å². The zero-order valence-corrected chi connectivity index (χ0v) is 10.4. The molecule has 0 aliphatic carbocycles. The van der Waals surface area contributed by atoms with Crippen LogP contribution >= 0.6 is 11.6 Å². The van der Waals surface area contributed by atoms with Gasteiger partial charge in [0.15, 0.2) is 0 Å². The Labute approximate surface area is 105 Å². The fraction of sp³-hybridized carbons (Fsp3) is 0.333. The number of aromatic nitrogens is 3. The van der Waals surface area contributed by atoms with E-state index in [-0.39, 0.29) is 0 Å². The van der Waals surface area contributed by atoms with Gasteiger partial charge in [-0.1, -0.05) is 35.5 Å². The molecular weight excluding hydrogens is 238 g/mol. The second-order valence-corrected chi connectivity index (χ2v) is 3.96. The van der Waals surface area contributed by atoms with Crippen LogP contribution < -0.4 is 0 Å². The maximum absolute atomic E-state index is 5.81. The first kappa shape index (κ1) is 12.1. The molecule has 0 bridgehead atoms. The molecular formula is C12H14ClN3O. The topological polar surface area (TPSA) is 39.9 Å². The summed E-state index contributed by atoms with van der Waals surface area (Å²) in [6.45, 7) is 1.16. The Bertz CT molecular complexity index is 470. The Balaban J connectivity index is 2.23. The highest BCUT2D eigenvalue weighted by atomic mass is 35.5. The van der Waals surface area contributed by atoms with Crippen molar-refractivity contribution in [3.8, 4) is 0 Å². The number of ether oxygens (including phenoxy) is 1. The molecule has 2 rings (SSSR count). The van der Waals surface area contributed by atoms with E-state index in [1.165, 1.54) is 5.56 Å². The summed E-state index contributed by atoms with van der Waals surface area (Å²) in [7, 11) is 1.65. The first-order valence-electron chi connectivity index (χ1n) is 5.35. The molecule has 0 saturated carbocycles. The highest BCUT2D eigenvalue weighted by molar-refractivity contribution is 6.16. The fourth-order valence-corrected chi connectivity index (χ4v) is 1.86. The maximum Gasteiger partial charge on any atom is 0.103 e. The molecule has 0 amide bonds. The zero-order valence-electron chi connectivity index (χ0n) is 9.64. The van der Waals surface area contributed by atoms with Crippen molar-refractivity contribution in [1.29, 1.82) is 0 Å². The van der Waals surface area contributed by atoms with Crippen molar-refractivity contribution in [3.63, 3.8) is 0 Å². The molecule has 0 saturated heterocycles. The summed E-state index contributed by atoms with van der Waals surface area (Å²) in [6.07, 6.45) is 0. The lowest BCUT2D eigenvalue weighted by Crippen LogP contribution is -2.08. The number of hydrogen-bond donors (Lipinski definition) is 0. The van der Waals surface area contributed by atoms with Gasteiger partial charge in [-0.25, -0.2) is 4.68 Å². The minimum atomic E-state index is 0.355. The zero-order chi connectivity index (χ0) is 12.1. The predicted octanol–water partition coefficient (Wildman–Crippen LogP) is 2.21. The summed E-state index contributed by atoms with van der Waals surface area (Å²) in [5.74, 6) is 0.355. The number of halogens is 1. The number of alkyl halides is 1. The number of methoxy groups -OCH3 is 1. The molecule has 5 heteroatoms. The van der Waals surface area contributed by atoms with Crippen molar-refractivity contribution in [3.05, 3.63) is 47.3 Å². The van der Waals surface area contributed by atoms with Crippen LogP contribution in [0, 0.1) is 0 Å². The average molecular weight is 252 g/mol. The monoisotopic (exact) mass is 251 g/mol. The second kappa shape index (κ2) is 5.80. The van der Waals surface area contributed by atoms with Gasteiger partial charge in [0.1, 0.15) is 5.69 Å².